The Hall–Kier alpha value is -0.700. The van der Waals surface area contributed by atoms with E-state index >= 15 is 0 Å². The Kier molecular flexibility index (Phi) is 6.87. The van der Waals surface area contributed by atoms with Crippen LogP contribution in [0.15, 0.2) is 0 Å². The quantitative estimate of drug-likeness (QED) is 0.601. The molecule has 1 aliphatic heterocycles. The van der Waals surface area contributed by atoms with Crippen LogP contribution in [0, 0.1) is 5.92 Å². The van der Waals surface area contributed by atoms with Crippen LogP contribution in [-0.2, 0) is 19.7 Å². The highest BCUT2D eigenvalue weighted by molar-refractivity contribution is 7.87. The minimum Gasteiger partial charge on any atom is -0.465 e. The van der Waals surface area contributed by atoms with Gasteiger partial charge < -0.3 is 10.1 Å². The average molecular weight is 307 g/mol. The molecule has 1 fully saturated rings. The lowest BCUT2D eigenvalue weighted by Gasteiger charge is -2.23. The van der Waals surface area contributed by atoms with E-state index in [1.54, 1.807) is 6.92 Å². The highest BCUT2D eigenvalue weighted by atomic mass is 32.2. The standard InChI is InChI=1S/C12H25N3O4S/c1-4-19-12(16)11-6-5-7-15(11)20(17,18)14-9-10(2)8-13-3/h10-11,13-14H,4-9H2,1-3H3. The third-order valence-electron chi connectivity index (χ3n) is 3.24. The van der Waals surface area contributed by atoms with Crippen molar-refractivity contribution >= 4 is 16.2 Å². The Balaban J connectivity index is 2.63. The molecule has 1 heterocycles. The average Bonchev–Trinajstić information content (AvgIpc) is 2.87. The lowest BCUT2D eigenvalue weighted by atomic mass is 10.2. The molecule has 2 N–H and O–H groups in total. The van der Waals surface area contributed by atoms with Crippen molar-refractivity contribution in [1.29, 1.82) is 0 Å². The smallest absolute Gasteiger partial charge is 0.324 e. The minimum absolute atomic E-state index is 0.179. The predicted octanol–water partition coefficient (Wildman–Crippen LogP) is -0.296. The first kappa shape index (κ1) is 17.4. The maximum atomic E-state index is 12.2. The van der Waals surface area contributed by atoms with Crippen LogP contribution in [0.5, 0.6) is 0 Å². The van der Waals surface area contributed by atoms with E-state index in [1.165, 1.54) is 4.31 Å². The minimum atomic E-state index is -3.63. The summed E-state index contributed by atoms with van der Waals surface area (Å²) in [7, 11) is -1.81. The summed E-state index contributed by atoms with van der Waals surface area (Å²) < 4.78 is 33.2. The molecule has 1 aliphatic rings. The molecule has 0 saturated carbocycles. The van der Waals surface area contributed by atoms with Gasteiger partial charge in [-0.2, -0.15) is 12.7 Å². The summed E-state index contributed by atoms with van der Waals surface area (Å²) in [5.74, 6) is -0.280. The fraction of sp³-hybridized carbons (Fsp3) is 0.917. The van der Waals surface area contributed by atoms with Gasteiger partial charge in [-0.05, 0) is 39.3 Å². The third-order valence-corrected chi connectivity index (χ3v) is 4.82. The highest BCUT2D eigenvalue weighted by Gasteiger charge is 2.39. The molecule has 118 valence electrons. The normalized spacial score (nSPS) is 21.9. The molecule has 0 aromatic carbocycles. The molecule has 1 rings (SSSR count). The zero-order chi connectivity index (χ0) is 15.2. The van der Waals surface area contributed by atoms with Crippen molar-refractivity contribution < 1.29 is 17.9 Å². The molecule has 8 heteroatoms. The van der Waals surface area contributed by atoms with Crippen LogP contribution in [0.1, 0.15) is 26.7 Å². The van der Waals surface area contributed by atoms with E-state index < -0.39 is 22.2 Å². The third kappa shape index (κ3) is 4.69. The molecule has 0 radical (unpaired) electrons. The second-order valence-electron chi connectivity index (χ2n) is 5.04. The number of carbonyl (C=O) groups is 1. The van der Waals surface area contributed by atoms with Crippen molar-refractivity contribution in [2.75, 3.05) is 33.3 Å². The van der Waals surface area contributed by atoms with Crippen LogP contribution in [-0.4, -0.2) is 58.0 Å². The zero-order valence-corrected chi connectivity index (χ0v) is 13.2. The molecule has 0 aromatic heterocycles. The van der Waals surface area contributed by atoms with Gasteiger partial charge in [-0.3, -0.25) is 4.79 Å². The molecule has 7 nitrogen and oxygen atoms in total. The van der Waals surface area contributed by atoms with Crippen molar-refractivity contribution in [1.82, 2.24) is 14.3 Å². The second kappa shape index (κ2) is 7.92. The van der Waals surface area contributed by atoms with Gasteiger partial charge in [0.2, 0.25) is 0 Å². The molecule has 2 atom stereocenters. The fourth-order valence-electron chi connectivity index (χ4n) is 2.25. The topological polar surface area (TPSA) is 87.7 Å². The number of hydrogen-bond acceptors (Lipinski definition) is 5. The summed E-state index contributed by atoms with van der Waals surface area (Å²) in [6.45, 7) is 5.35. The number of hydrogen-bond donors (Lipinski definition) is 2. The number of rotatable bonds is 8. The Morgan fingerprint density at radius 1 is 1.45 bits per heavy atom. The van der Waals surface area contributed by atoms with Gasteiger partial charge in [-0.25, -0.2) is 4.72 Å². The highest BCUT2D eigenvalue weighted by Crippen LogP contribution is 2.21. The molecule has 0 bridgehead atoms. The van der Waals surface area contributed by atoms with E-state index in [0.29, 0.717) is 25.9 Å². The van der Waals surface area contributed by atoms with E-state index in [-0.39, 0.29) is 12.5 Å². The number of nitrogens with zero attached hydrogens (tertiary/aromatic N) is 1. The van der Waals surface area contributed by atoms with Gasteiger partial charge in [-0.1, -0.05) is 6.92 Å². The van der Waals surface area contributed by atoms with Crippen molar-refractivity contribution in [3.05, 3.63) is 0 Å². The van der Waals surface area contributed by atoms with E-state index in [2.05, 4.69) is 10.0 Å². The van der Waals surface area contributed by atoms with Crippen LogP contribution in [0.25, 0.3) is 0 Å². The fourth-order valence-corrected chi connectivity index (χ4v) is 3.81. The Morgan fingerprint density at radius 3 is 2.75 bits per heavy atom. The molecular formula is C12H25N3O4S. The lowest BCUT2D eigenvalue weighted by Crippen LogP contribution is -2.48. The molecular weight excluding hydrogens is 282 g/mol. The summed E-state index contributed by atoms with van der Waals surface area (Å²) in [4.78, 5) is 11.8. The van der Waals surface area contributed by atoms with Crippen molar-refractivity contribution in [2.24, 2.45) is 5.92 Å². The van der Waals surface area contributed by atoms with E-state index in [9.17, 15) is 13.2 Å². The van der Waals surface area contributed by atoms with Crippen molar-refractivity contribution in [2.45, 2.75) is 32.7 Å². The van der Waals surface area contributed by atoms with Gasteiger partial charge in [0.25, 0.3) is 10.2 Å². The van der Waals surface area contributed by atoms with Crippen molar-refractivity contribution in [3.63, 3.8) is 0 Å². The number of esters is 1. The summed E-state index contributed by atoms with van der Waals surface area (Å²) in [5.41, 5.74) is 0. The van der Waals surface area contributed by atoms with Crippen LogP contribution in [0.4, 0.5) is 0 Å². The number of nitrogens with one attached hydrogen (secondary N) is 2. The summed E-state index contributed by atoms with van der Waals surface area (Å²) in [6, 6.07) is -0.688. The second-order valence-corrected chi connectivity index (χ2v) is 6.74. The Labute approximate surface area is 121 Å². The Bertz CT molecular complexity index is 413. The molecule has 0 aromatic rings. The largest absolute Gasteiger partial charge is 0.465 e. The van der Waals surface area contributed by atoms with Gasteiger partial charge in [0, 0.05) is 13.1 Å². The molecule has 0 amide bonds. The molecule has 1 saturated heterocycles. The van der Waals surface area contributed by atoms with E-state index in [1.807, 2.05) is 14.0 Å². The van der Waals surface area contributed by atoms with E-state index in [4.69, 9.17) is 4.74 Å². The van der Waals surface area contributed by atoms with Crippen molar-refractivity contribution in [3.8, 4) is 0 Å². The van der Waals surface area contributed by atoms with Gasteiger partial charge in [0.1, 0.15) is 6.04 Å². The molecule has 2 unspecified atom stereocenters. The Morgan fingerprint density at radius 2 is 2.15 bits per heavy atom. The first-order valence-electron chi connectivity index (χ1n) is 7.00. The van der Waals surface area contributed by atoms with Gasteiger partial charge in [0.05, 0.1) is 6.61 Å². The summed E-state index contributed by atoms with van der Waals surface area (Å²) in [6.07, 6.45) is 1.20. The SMILES string of the molecule is CCOC(=O)C1CCCN1S(=O)(=O)NCC(C)CNC. The summed E-state index contributed by atoms with van der Waals surface area (Å²) >= 11 is 0. The van der Waals surface area contributed by atoms with Gasteiger partial charge in [-0.15, -0.1) is 0 Å². The first-order valence-corrected chi connectivity index (χ1v) is 8.44. The first-order chi connectivity index (χ1) is 9.42. The van der Waals surface area contributed by atoms with Crippen LogP contribution in [0.2, 0.25) is 0 Å². The predicted molar refractivity (Wildman–Crippen MR) is 76.4 cm³/mol. The van der Waals surface area contributed by atoms with Gasteiger partial charge >= 0.3 is 5.97 Å². The maximum Gasteiger partial charge on any atom is 0.324 e. The zero-order valence-electron chi connectivity index (χ0n) is 12.4. The molecule has 0 spiro atoms. The maximum absolute atomic E-state index is 12.2. The van der Waals surface area contributed by atoms with E-state index in [0.717, 1.165) is 6.54 Å². The number of ether oxygens (including phenoxy) is 1. The van der Waals surface area contributed by atoms with Crippen LogP contribution >= 0.6 is 0 Å². The van der Waals surface area contributed by atoms with Crippen LogP contribution < -0.4 is 10.0 Å². The monoisotopic (exact) mass is 307 g/mol. The molecule has 0 aliphatic carbocycles. The molecule has 20 heavy (non-hydrogen) atoms. The lowest BCUT2D eigenvalue weighted by molar-refractivity contribution is -0.146. The summed E-state index contributed by atoms with van der Waals surface area (Å²) in [5, 5.41) is 2.99. The van der Waals surface area contributed by atoms with Crippen LogP contribution in [0.3, 0.4) is 0 Å². The van der Waals surface area contributed by atoms with Gasteiger partial charge in [0.15, 0.2) is 0 Å². The number of carbonyl (C=O) groups excluding carboxylic acids is 1.